The number of hydrogen-bond donors (Lipinski definition) is 3. The summed E-state index contributed by atoms with van der Waals surface area (Å²) in [6.45, 7) is 3.06. The zero-order chi connectivity index (χ0) is 14.3. The third-order valence-corrected chi connectivity index (χ3v) is 5.09. The van der Waals surface area contributed by atoms with Crippen LogP contribution in [0.25, 0.3) is 0 Å². The molecule has 116 valence electrons. The predicted octanol–water partition coefficient (Wildman–Crippen LogP) is 1.83. The van der Waals surface area contributed by atoms with E-state index in [0.29, 0.717) is 18.9 Å². The lowest BCUT2D eigenvalue weighted by atomic mass is 9.74. The first-order chi connectivity index (χ1) is 9.74. The molecule has 1 saturated carbocycles. The maximum absolute atomic E-state index is 12.0. The molecule has 1 amide bonds. The summed E-state index contributed by atoms with van der Waals surface area (Å²) in [5, 5.41) is 16.1. The number of piperidine rings is 1. The third-order valence-electron chi connectivity index (χ3n) is 5.09. The van der Waals surface area contributed by atoms with Crippen molar-refractivity contribution < 1.29 is 9.90 Å². The van der Waals surface area contributed by atoms with Crippen LogP contribution in [0, 0.1) is 11.3 Å². The van der Waals surface area contributed by atoms with E-state index < -0.39 is 0 Å². The Morgan fingerprint density at radius 1 is 1.25 bits per heavy atom. The van der Waals surface area contributed by atoms with Crippen molar-refractivity contribution in [1.29, 1.82) is 0 Å². The van der Waals surface area contributed by atoms with Gasteiger partial charge < -0.3 is 15.7 Å². The van der Waals surface area contributed by atoms with E-state index in [9.17, 15) is 9.90 Å². The van der Waals surface area contributed by atoms with E-state index in [1.54, 1.807) is 0 Å². The van der Waals surface area contributed by atoms with Crippen LogP contribution in [0.3, 0.4) is 0 Å². The van der Waals surface area contributed by atoms with Crippen LogP contribution in [0.1, 0.15) is 57.8 Å². The number of aliphatic hydroxyl groups excluding tert-OH is 1. The predicted molar refractivity (Wildman–Crippen MR) is 80.4 cm³/mol. The normalized spacial score (nSPS) is 26.1. The second-order valence-corrected chi connectivity index (χ2v) is 6.75. The number of rotatable bonds is 6. The van der Waals surface area contributed by atoms with Crippen LogP contribution in [0.2, 0.25) is 0 Å². The topological polar surface area (TPSA) is 61.4 Å². The van der Waals surface area contributed by atoms with E-state index in [4.69, 9.17) is 0 Å². The summed E-state index contributed by atoms with van der Waals surface area (Å²) < 4.78 is 0. The molecule has 0 bridgehead atoms. The monoisotopic (exact) mass is 282 g/mol. The highest BCUT2D eigenvalue weighted by atomic mass is 16.3. The van der Waals surface area contributed by atoms with Gasteiger partial charge in [-0.25, -0.2) is 0 Å². The highest BCUT2D eigenvalue weighted by molar-refractivity contribution is 5.75. The number of nitrogens with one attached hydrogen (secondary N) is 2. The summed E-state index contributed by atoms with van der Waals surface area (Å²) in [6, 6.07) is 0. The Labute approximate surface area is 122 Å². The number of aliphatic hydroxyl groups is 1. The standard InChI is InChI=1S/C16H30N2O2/c19-13-16(8-2-1-3-9-16)12-18-15(20)7-6-14-5-4-10-17-11-14/h14,17,19H,1-13H2,(H,18,20). The van der Waals surface area contributed by atoms with E-state index in [0.717, 1.165) is 32.4 Å². The maximum atomic E-state index is 12.0. The first kappa shape index (κ1) is 15.8. The molecule has 4 heteroatoms. The van der Waals surface area contributed by atoms with Gasteiger partial charge in [-0.3, -0.25) is 4.79 Å². The molecule has 0 aromatic carbocycles. The fourth-order valence-electron chi connectivity index (χ4n) is 3.57. The Morgan fingerprint density at radius 3 is 2.70 bits per heavy atom. The molecule has 1 aliphatic heterocycles. The minimum absolute atomic E-state index is 0.0414. The van der Waals surface area contributed by atoms with E-state index in [-0.39, 0.29) is 17.9 Å². The molecule has 1 unspecified atom stereocenters. The molecular weight excluding hydrogens is 252 g/mol. The fraction of sp³-hybridized carbons (Fsp3) is 0.938. The van der Waals surface area contributed by atoms with Gasteiger partial charge in [0.1, 0.15) is 0 Å². The molecule has 0 aromatic heterocycles. The van der Waals surface area contributed by atoms with Gasteiger partial charge in [0.05, 0.1) is 6.61 Å². The van der Waals surface area contributed by atoms with Crippen molar-refractivity contribution in [2.75, 3.05) is 26.2 Å². The average molecular weight is 282 g/mol. The lowest BCUT2D eigenvalue weighted by Crippen LogP contribution is -2.41. The van der Waals surface area contributed by atoms with Gasteiger partial charge in [0.2, 0.25) is 5.91 Å². The zero-order valence-electron chi connectivity index (χ0n) is 12.6. The van der Waals surface area contributed by atoms with Gasteiger partial charge in [0, 0.05) is 18.4 Å². The highest BCUT2D eigenvalue weighted by Crippen LogP contribution is 2.35. The van der Waals surface area contributed by atoms with E-state index >= 15 is 0 Å². The van der Waals surface area contributed by atoms with Crippen molar-refractivity contribution >= 4 is 5.91 Å². The molecule has 1 heterocycles. The second kappa shape index (κ2) is 7.99. The van der Waals surface area contributed by atoms with Crippen LogP contribution in [0.5, 0.6) is 0 Å². The van der Waals surface area contributed by atoms with Gasteiger partial charge in [-0.15, -0.1) is 0 Å². The lowest BCUT2D eigenvalue weighted by Gasteiger charge is -2.35. The van der Waals surface area contributed by atoms with Crippen molar-refractivity contribution in [3.8, 4) is 0 Å². The Balaban J connectivity index is 1.65. The van der Waals surface area contributed by atoms with Gasteiger partial charge >= 0.3 is 0 Å². The average Bonchev–Trinajstić information content (AvgIpc) is 2.53. The van der Waals surface area contributed by atoms with Crippen molar-refractivity contribution in [1.82, 2.24) is 10.6 Å². The minimum Gasteiger partial charge on any atom is -0.396 e. The van der Waals surface area contributed by atoms with Crippen molar-refractivity contribution in [3.05, 3.63) is 0 Å². The third kappa shape index (κ3) is 4.74. The van der Waals surface area contributed by atoms with E-state index in [1.165, 1.54) is 32.1 Å². The first-order valence-corrected chi connectivity index (χ1v) is 8.32. The zero-order valence-corrected chi connectivity index (χ0v) is 12.6. The Bertz CT molecular complexity index is 295. The van der Waals surface area contributed by atoms with Gasteiger partial charge in [-0.2, -0.15) is 0 Å². The summed E-state index contributed by atoms with van der Waals surface area (Å²) >= 11 is 0. The van der Waals surface area contributed by atoms with Gasteiger partial charge in [-0.05, 0) is 51.1 Å². The van der Waals surface area contributed by atoms with Gasteiger partial charge in [0.15, 0.2) is 0 Å². The molecule has 3 N–H and O–H groups in total. The van der Waals surface area contributed by atoms with Crippen LogP contribution in [-0.2, 0) is 4.79 Å². The molecule has 2 rings (SSSR count). The molecule has 2 aliphatic rings. The molecule has 0 radical (unpaired) electrons. The van der Waals surface area contributed by atoms with Crippen molar-refractivity contribution in [2.45, 2.75) is 57.8 Å². The minimum atomic E-state index is -0.0414. The quantitative estimate of drug-likeness (QED) is 0.696. The molecule has 1 aliphatic carbocycles. The molecule has 1 atom stereocenters. The SMILES string of the molecule is O=C(CCC1CCCNC1)NCC1(CO)CCCCC1. The van der Waals surface area contributed by atoms with Crippen LogP contribution >= 0.6 is 0 Å². The number of amides is 1. The fourth-order valence-corrected chi connectivity index (χ4v) is 3.57. The van der Waals surface area contributed by atoms with E-state index in [1.807, 2.05) is 0 Å². The molecule has 2 fully saturated rings. The lowest BCUT2D eigenvalue weighted by molar-refractivity contribution is -0.122. The van der Waals surface area contributed by atoms with Crippen LogP contribution in [-0.4, -0.2) is 37.3 Å². The van der Waals surface area contributed by atoms with E-state index in [2.05, 4.69) is 10.6 Å². The molecule has 0 aromatic rings. The maximum Gasteiger partial charge on any atom is 0.220 e. The van der Waals surface area contributed by atoms with Gasteiger partial charge in [-0.1, -0.05) is 19.3 Å². The summed E-state index contributed by atoms with van der Waals surface area (Å²) in [5.74, 6) is 0.824. The summed E-state index contributed by atoms with van der Waals surface area (Å²) in [7, 11) is 0. The number of carbonyl (C=O) groups is 1. The summed E-state index contributed by atoms with van der Waals surface area (Å²) in [5.41, 5.74) is -0.0414. The Morgan fingerprint density at radius 2 is 2.05 bits per heavy atom. The van der Waals surface area contributed by atoms with Crippen molar-refractivity contribution in [2.24, 2.45) is 11.3 Å². The molecular formula is C16H30N2O2. The van der Waals surface area contributed by atoms with Crippen molar-refractivity contribution in [3.63, 3.8) is 0 Å². The molecule has 20 heavy (non-hydrogen) atoms. The number of carbonyl (C=O) groups excluding carboxylic acids is 1. The van der Waals surface area contributed by atoms with Crippen LogP contribution < -0.4 is 10.6 Å². The highest BCUT2D eigenvalue weighted by Gasteiger charge is 2.31. The van der Waals surface area contributed by atoms with Crippen LogP contribution in [0.15, 0.2) is 0 Å². The second-order valence-electron chi connectivity index (χ2n) is 6.75. The summed E-state index contributed by atoms with van der Waals surface area (Å²) in [4.78, 5) is 12.0. The van der Waals surface area contributed by atoms with Gasteiger partial charge in [0.25, 0.3) is 0 Å². The summed E-state index contributed by atoms with van der Waals surface area (Å²) in [6.07, 6.45) is 9.85. The molecule has 4 nitrogen and oxygen atoms in total. The molecule has 0 spiro atoms. The van der Waals surface area contributed by atoms with Crippen LogP contribution in [0.4, 0.5) is 0 Å². The largest absolute Gasteiger partial charge is 0.396 e. The first-order valence-electron chi connectivity index (χ1n) is 8.32. The smallest absolute Gasteiger partial charge is 0.220 e. The number of hydrogen-bond acceptors (Lipinski definition) is 3. The Kier molecular flexibility index (Phi) is 6.30. The molecule has 1 saturated heterocycles. The Hall–Kier alpha value is -0.610.